The van der Waals surface area contributed by atoms with Gasteiger partial charge < -0.3 is 10.5 Å². The summed E-state index contributed by atoms with van der Waals surface area (Å²) in [6.45, 7) is 2.54. The third-order valence-electron chi connectivity index (χ3n) is 2.98. The summed E-state index contributed by atoms with van der Waals surface area (Å²) < 4.78 is 5.38. The van der Waals surface area contributed by atoms with Gasteiger partial charge >= 0.3 is 0 Å². The van der Waals surface area contributed by atoms with Gasteiger partial charge in [-0.25, -0.2) is 0 Å². The number of hydrogen-bond acceptors (Lipinski definition) is 2. The van der Waals surface area contributed by atoms with Gasteiger partial charge in [-0.05, 0) is 35.7 Å². The third kappa shape index (κ3) is 2.50. The van der Waals surface area contributed by atoms with E-state index < -0.39 is 0 Å². The Labute approximate surface area is 112 Å². The molecule has 0 aliphatic rings. The normalized spacial score (nSPS) is 10.4. The second-order valence-corrected chi connectivity index (χ2v) is 4.61. The molecule has 2 aromatic carbocycles. The van der Waals surface area contributed by atoms with Crippen molar-refractivity contribution < 1.29 is 4.74 Å². The smallest absolute Gasteiger partial charge is 0.128 e. The molecule has 0 unspecified atom stereocenters. The third-order valence-corrected chi connectivity index (χ3v) is 3.39. The summed E-state index contributed by atoms with van der Waals surface area (Å²) in [5.41, 5.74) is 9.89. The predicted molar refractivity (Wildman–Crippen MR) is 76.1 cm³/mol. The average Bonchev–Trinajstić information content (AvgIpc) is 2.41. The first-order valence-corrected chi connectivity index (χ1v) is 6.17. The molecule has 0 aromatic heterocycles. The number of aryl methyl sites for hydroxylation is 1. The lowest BCUT2D eigenvalue weighted by Crippen LogP contribution is -1.95. The summed E-state index contributed by atoms with van der Waals surface area (Å²) in [6.07, 6.45) is 0. The molecule has 18 heavy (non-hydrogen) atoms. The molecule has 0 aliphatic heterocycles. The SMILES string of the molecule is COc1cc(Cl)c(C)cc1-c1ccc(CN)cc1. The van der Waals surface area contributed by atoms with E-state index in [0.717, 1.165) is 28.0 Å². The molecule has 94 valence electrons. The van der Waals surface area contributed by atoms with E-state index >= 15 is 0 Å². The summed E-state index contributed by atoms with van der Waals surface area (Å²) in [4.78, 5) is 0. The molecule has 2 N–H and O–H groups in total. The van der Waals surface area contributed by atoms with Crippen LogP contribution in [0.25, 0.3) is 11.1 Å². The van der Waals surface area contributed by atoms with Crippen LogP contribution < -0.4 is 10.5 Å². The molecule has 3 heteroatoms. The molecule has 0 atom stereocenters. The van der Waals surface area contributed by atoms with Crippen LogP contribution in [0.3, 0.4) is 0 Å². The fourth-order valence-electron chi connectivity index (χ4n) is 1.88. The van der Waals surface area contributed by atoms with Gasteiger partial charge in [-0.15, -0.1) is 0 Å². The highest BCUT2D eigenvalue weighted by Gasteiger charge is 2.09. The van der Waals surface area contributed by atoms with E-state index in [2.05, 4.69) is 0 Å². The van der Waals surface area contributed by atoms with Crippen LogP contribution in [0.1, 0.15) is 11.1 Å². The Morgan fingerprint density at radius 3 is 2.39 bits per heavy atom. The highest BCUT2D eigenvalue weighted by Crippen LogP contribution is 2.34. The Bertz CT molecular complexity index is 549. The zero-order chi connectivity index (χ0) is 13.1. The number of hydrogen-bond donors (Lipinski definition) is 1. The molecular formula is C15H16ClNO. The number of halogens is 1. The zero-order valence-electron chi connectivity index (χ0n) is 10.5. The maximum absolute atomic E-state index is 6.10. The van der Waals surface area contributed by atoms with Crippen molar-refractivity contribution in [3.63, 3.8) is 0 Å². The van der Waals surface area contributed by atoms with Crippen molar-refractivity contribution in [2.45, 2.75) is 13.5 Å². The first-order chi connectivity index (χ1) is 8.65. The fraction of sp³-hybridized carbons (Fsp3) is 0.200. The van der Waals surface area contributed by atoms with E-state index in [1.54, 1.807) is 7.11 Å². The van der Waals surface area contributed by atoms with E-state index in [9.17, 15) is 0 Å². The van der Waals surface area contributed by atoms with E-state index in [1.165, 1.54) is 0 Å². The Morgan fingerprint density at radius 1 is 1.17 bits per heavy atom. The second-order valence-electron chi connectivity index (χ2n) is 4.20. The minimum absolute atomic E-state index is 0.553. The van der Waals surface area contributed by atoms with Gasteiger partial charge in [0.05, 0.1) is 7.11 Å². The van der Waals surface area contributed by atoms with Gasteiger partial charge in [0.1, 0.15) is 5.75 Å². The molecule has 2 nitrogen and oxygen atoms in total. The zero-order valence-corrected chi connectivity index (χ0v) is 11.3. The highest BCUT2D eigenvalue weighted by molar-refractivity contribution is 6.31. The van der Waals surface area contributed by atoms with E-state index in [4.69, 9.17) is 22.1 Å². The van der Waals surface area contributed by atoms with Gasteiger partial charge in [0.25, 0.3) is 0 Å². The van der Waals surface area contributed by atoms with Crippen molar-refractivity contribution in [3.05, 3.63) is 52.5 Å². The van der Waals surface area contributed by atoms with Crippen LogP contribution in [0.4, 0.5) is 0 Å². The molecule has 2 rings (SSSR count). The van der Waals surface area contributed by atoms with E-state index in [0.29, 0.717) is 11.6 Å². The van der Waals surface area contributed by atoms with Crippen LogP contribution in [-0.4, -0.2) is 7.11 Å². The fourth-order valence-corrected chi connectivity index (χ4v) is 2.03. The maximum atomic E-state index is 6.10. The number of benzene rings is 2. The quantitative estimate of drug-likeness (QED) is 0.913. The van der Waals surface area contributed by atoms with Crippen LogP contribution >= 0.6 is 11.6 Å². The second kappa shape index (κ2) is 5.42. The molecule has 2 aromatic rings. The first kappa shape index (κ1) is 12.9. The Morgan fingerprint density at radius 2 is 1.83 bits per heavy atom. The minimum Gasteiger partial charge on any atom is -0.496 e. The van der Waals surface area contributed by atoms with Crippen LogP contribution in [0, 0.1) is 6.92 Å². The van der Waals surface area contributed by atoms with E-state index in [-0.39, 0.29) is 0 Å². The lowest BCUT2D eigenvalue weighted by atomic mass is 10.0. The Balaban J connectivity index is 2.51. The molecule has 0 spiro atoms. The van der Waals surface area contributed by atoms with E-state index in [1.807, 2.05) is 43.3 Å². The van der Waals surface area contributed by atoms with Crippen LogP contribution in [0.2, 0.25) is 5.02 Å². The van der Waals surface area contributed by atoms with Crippen LogP contribution in [0.5, 0.6) is 5.75 Å². The molecule has 0 saturated heterocycles. The summed E-state index contributed by atoms with van der Waals surface area (Å²) in [5.74, 6) is 0.783. The summed E-state index contributed by atoms with van der Waals surface area (Å²) in [5, 5.41) is 0.717. The van der Waals surface area contributed by atoms with Crippen molar-refractivity contribution in [3.8, 4) is 16.9 Å². The number of methoxy groups -OCH3 is 1. The topological polar surface area (TPSA) is 35.2 Å². The minimum atomic E-state index is 0.553. The molecule has 0 aliphatic carbocycles. The molecule has 0 bridgehead atoms. The summed E-state index contributed by atoms with van der Waals surface area (Å²) in [7, 11) is 1.65. The van der Waals surface area contributed by atoms with Gasteiger partial charge in [0.2, 0.25) is 0 Å². The highest BCUT2D eigenvalue weighted by atomic mass is 35.5. The van der Waals surface area contributed by atoms with Crippen molar-refractivity contribution >= 4 is 11.6 Å². The summed E-state index contributed by atoms with van der Waals surface area (Å²) in [6, 6.07) is 12.0. The van der Waals surface area contributed by atoms with Gasteiger partial charge in [-0.2, -0.15) is 0 Å². The molecule has 0 heterocycles. The monoisotopic (exact) mass is 261 g/mol. The lowest BCUT2D eigenvalue weighted by molar-refractivity contribution is 0.416. The molecule has 0 radical (unpaired) electrons. The van der Waals surface area contributed by atoms with Crippen molar-refractivity contribution in [1.82, 2.24) is 0 Å². The van der Waals surface area contributed by atoms with Gasteiger partial charge in [0, 0.05) is 17.1 Å². The predicted octanol–water partition coefficient (Wildman–Crippen LogP) is 3.78. The number of ether oxygens (including phenoxy) is 1. The molecular weight excluding hydrogens is 246 g/mol. The largest absolute Gasteiger partial charge is 0.496 e. The van der Waals surface area contributed by atoms with Gasteiger partial charge in [0.15, 0.2) is 0 Å². The van der Waals surface area contributed by atoms with Crippen molar-refractivity contribution in [2.24, 2.45) is 5.73 Å². The first-order valence-electron chi connectivity index (χ1n) is 5.79. The van der Waals surface area contributed by atoms with Crippen LogP contribution in [0.15, 0.2) is 36.4 Å². The molecule has 0 fully saturated rings. The van der Waals surface area contributed by atoms with Crippen molar-refractivity contribution in [1.29, 1.82) is 0 Å². The van der Waals surface area contributed by atoms with Crippen molar-refractivity contribution in [2.75, 3.05) is 7.11 Å². The average molecular weight is 262 g/mol. The molecule has 0 amide bonds. The molecule has 0 saturated carbocycles. The number of nitrogens with two attached hydrogens (primary N) is 1. The summed E-state index contributed by atoms with van der Waals surface area (Å²) >= 11 is 6.10. The Hall–Kier alpha value is -1.51. The Kier molecular flexibility index (Phi) is 3.90. The van der Waals surface area contributed by atoms with Crippen LogP contribution in [-0.2, 0) is 6.54 Å². The standard InChI is InChI=1S/C15H16ClNO/c1-10-7-13(15(18-2)8-14(10)16)12-5-3-11(9-17)4-6-12/h3-8H,9,17H2,1-2H3. The maximum Gasteiger partial charge on any atom is 0.128 e. The van der Waals surface area contributed by atoms with Gasteiger partial charge in [-0.3, -0.25) is 0 Å². The lowest BCUT2D eigenvalue weighted by Gasteiger charge is -2.11. The van der Waals surface area contributed by atoms with Gasteiger partial charge in [-0.1, -0.05) is 35.9 Å². The number of rotatable bonds is 3.